The summed E-state index contributed by atoms with van der Waals surface area (Å²) in [6.07, 6.45) is 0. The van der Waals surface area contributed by atoms with Crippen molar-refractivity contribution in [2.75, 3.05) is 5.32 Å². The van der Waals surface area contributed by atoms with E-state index in [1.807, 2.05) is 0 Å². The molecule has 2 N–H and O–H groups in total. The summed E-state index contributed by atoms with van der Waals surface area (Å²) in [6, 6.07) is 0. The van der Waals surface area contributed by atoms with E-state index in [1.54, 1.807) is 0 Å². The maximum absolute atomic E-state index is 11.5. The summed E-state index contributed by atoms with van der Waals surface area (Å²) in [5.41, 5.74) is 1.63. The summed E-state index contributed by atoms with van der Waals surface area (Å²) < 4.78 is 0. The Hall–Kier alpha value is -1.76. The molecule has 0 fully saturated rings. The fourth-order valence-electron chi connectivity index (χ4n) is 0.749. The maximum Gasteiger partial charge on any atom is 0.331 e. The topological polar surface area (TPSA) is 92.2 Å². The number of carboxylic acid groups (broad SMARTS) is 1. The number of aromatic nitrogens is 2. The Kier molecular flexibility index (Phi) is 3.51. The van der Waals surface area contributed by atoms with E-state index >= 15 is 0 Å². The zero-order chi connectivity index (χ0) is 11.4. The van der Waals surface area contributed by atoms with E-state index < -0.39 is 11.9 Å². The van der Waals surface area contributed by atoms with Crippen LogP contribution in [0.3, 0.4) is 0 Å². The van der Waals surface area contributed by atoms with Crippen LogP contribution in [0.25, 0.3) is 0 Å². The molecule has 15 heavy (non-hydrogen) atoms. The number of amides is 1. The van der Waals surface area contributed by atoms with Crippen molar-refractivity contribution in [1.29, 1.82) is 0 Å². The molecule has 7 heteroatoms. The van der Waals surface area contributed by atoms with Gasteiger partial charge in [0.05, 0.1) is 0 Å². The van der Waals surface area contributed by atoms with Gasteiger partial charge < -0.3 is 5.11 Å². The first kappa shape index (κ1) is 11.3. The summed E-state index contributed by atoms with van der Waals surface area (Å²) in [7, 11) is 0. The number of anilines is 1. The van der Waals surface area contributed by atoms with Crippen LogP contribution in [-0.4, -0.2) is 27.2 Å². The van der Waals surface area contributed by atoms with Crippen molar-refractivity contribution >= 4 is 28.3 Å². The van der Waals surface area contributed by atoms with Crippen molar-refractivity contribution in [1.82, 2.24) is 10.2 Å². The Morgan fingerprint density at radius 2 is 2.07 bits per heavy atom. The normalized spacial score (nSPS) is 11.9. The lowest BCUT2D eigenvalue weighted by atomic mass is 10.1. The molecule has 1 heterocycles. The van der Waals surface area contributed by atoms with Gasteiger partial charge in [0.15, 0.2) is 0 Å². The molecule has 0 aromatic carbocycles. The van der Waals surface area contributed by atoms with Crippen molar-refractivity contribution in [3.63, 3.8) is 0 Å². The van der Waals surface area contributed by atoms with Crippen LogP contribution in [0.4, 0.5) is 5.13 Å². The van der Waals surface area contributed by atoms with Gasteiger partial charge in [0.1, 0.15) is 5.51 Å². The molecule has 0 saturated heterocycles. The number of carbonyl (C=O) groups excluding carboxylic acids is 1. The number of aliphatic carboxylic acids is 1. The molecule has 1 aromatic heterocycles. The number of carbonyl (C=O) groups is 2. The molecule has 0 unspecified atom stereocenters. The van der Waals surface area contributed by atoms with Crippen molar-refractivity contribution < 1.29 is 14.7 Å². The third-order valence-corrected chi connectivity index (χ3v) is 2.41. The van der Waals surface area contributed by atoms with Crippen LogP contribution in [0.15, 0.2) is 16.7 Å². The first-order chi connectivity index (χ1) is 7.02. The molecule has 1 aromatic rings. The van der Waals surface area contributed by atoms with E-state index in [-0.39, 0.29) is 11.1 Å². The molecule has 1 amide bonds. The fourth-order valence-corrected chi connectivity index (χ4v) is 1.19. The molecule has 1 rings (SSSR count). The van der Waals surface area contributed by atoms with Gasteiger partial charge >= 0.3 is 5.97 Å². The first-order valence-corrected chi connectivity index (χ1v) is 4.88. The summed E-state index contributed by atoms with van der Waals surface area (Å²) in [5.74, 6) is -1.59. The second kappa shape index (κ2) is 4.65. The lowest BCUT2D eigenvalue weighted by molar-refractivity contribution is -0.133. The molecule has 80 valence electrons. The molecule has 0 aliphatic carbocycles. The average Bonchev–Trinajstić information content (AvgIpc) is 2.67. The van der Waals surface area contributed by atoms with Crippen molar-refractivity contribution in [2.24, 2.45) is 0 Å². The molecule has 6 nitrogen and oxygen atoms in total. The van der Waals surface area contributed by atoms with Crippen LogP contribution < -0.4 is 5.32 Å². The van der Waals surface area contributed by atoms with Gasteiger partial charge in [-0.3, -0.25) is 10.1 Å². The second-order valence-electron chi connectivity index (χ2n) is 2.75. The fraction of sp³-hybridized carbons (Fsp3) is 0.250. The minimum atomic E-state index is -1.11. The maximum atomic E-state index is 11.5. The number of carboxylic acids is 1. The standard InChI is InChI=1S/C8H9N3O3S/c1-4(5(2)7(13)14)6(12)10-8-11-9-3-15-8/h3H,1-2H3,(H,13,14)(H,10,11,12). The Bertz CT molecular complexity index is 411. The summed E-state index contributed by atoms with van der Waals surface area (Å²) in [5, 5.41) is 18.6. The largest absolute Gasteiger partial charge is 0.478 e. The van der Waals surface area contributed by atoms with Crippen molar-refractivity contribution in [3.8, 4) is 0 Å². The van der Waals surface area contributed by atoms with Crippen LogP contribution in [0.2, 0.25) is 0 Å². The number of hydrogen-bond donors (Lipinski definition) is 2. The summed E-state index contributed by atoms with van der Waals surface area (Å²) in [4.78, 5) is 22.0. The van der Waals surface area contributed by atoms with Gasteiger partial charge in [0.2, 0.25) is 5.13 Å². The second-order valence-corrected chi connectivity index (χ2v) is 3.59. The van der Waals surface area contributed by atoms with E-state index in [2.05, 4.69) is 15.5 Å². The molecule has 0 aliphatic heterocycles. The van der Waals surface area contributed by atoms with Crippen molar-refractivity contribution in [3.05, 3.63) is 16.7 Å². The smallest absolute Gasteiger partial charge is 0.331 e. The molecule has 0 aliphatic rings. The zero-order valence-corrected chi connectivity index (χ0v) is 8.96. The summed E-state index contributed by atoms with van der Waals surface area (Å²) >= 11 is 1.16. The highest BCUT2D eigenvalue weighted by atomic mass is 32.1. The molecule has 0 radical (unpaired) electrons. The van der Waals surface area contributed by atoms with E-state index in [1.165, 1.54) is 19.4 Å². The molecule has 0 spiro atoms. The van der Waals surface area contributed by atoms with Gasteiger partial charge in [0.25, 0.3) is 5.91 Å². The first-order valence-electron chi connectivity index (χ1n) is 4.00. The van der Waals surface area contributed by atoms with Gasteiger partial charge in [-0.15, -0.1) is 10.2 Å². The lowest BCUT2D eigenvalue weighted by Crippen LogP contribution is -2.16. The van der Waals surface area contributed by atoms with Crippen molar-refractivity contribution in [2.45, 2.75) is 13.8 Å². The molecular formula is C8H9N3O3S. The third kappa shape index (κ3) is 2.84. The minimum absolute atomic E-state index is 0.0111. The monoisotopic (exact) mass is 227 g/mol. The predicted molar refractivity (Wildman–Crippen MR) is 54.5 cm³/mol. The lowest BCUT2D eigenvalue weighted by Gasteiger charge is -2.02. The molecular weight excluding hydrogens is 218 g/mol. The van der Waals surface area contributed by atoms with Gasteiger partial charge in [-0.05, 0) is 13.8 Å². The Morgan fingerprint density at radius 1 is 1.40 bits per heavy atom. The highest BCUT2D eigenvalue weighted by molar-refractivity contribution is 7.13. The van der Waals surface area contributed by atoms with Crippen LogP contribution in [0.5, 0.6) is 0 Å². The molecule has 0 saturated carbocycles. The van der Waals surface area contributed by atoms with Crippen LogP contribution >= 0.6 is 11.3 Å². The quantitative estimate of drug-likeness (QED) is 0.748. The van der Waals surface area contributed by atoms with Crippen LogP contribution in [0, 0.1) is 0 Å². The highest BCUT2D eigenvalue weighted by Gasteiger charge is 2.13. The van der Waals surface area contributed by atoms with Crippen LogP contribution in [0.1, 0.15) is 13.8 Å². The van der Waals surface area contributed by atoms with Gasteiger partial charge in [0, 0.05) is 11.1 Å². The third-order valence-electron chi connectivity index (χ3n) is 1.80. The highest BCUT2D eigenvalue weighted by Crippen LogP contribution is 2.11. The predicted octanol–water partition coefficient (Wildman–Crippen LogP) is 0.898. The summed E-state index contributed by atoms with van der Waals surface area (Å²) in [6.45, 7) is 2.82. The molecule has 0 atom stereocenters. The number of rotatable bonds is 3. The minimum Gasteiger partial charge on any atom is -0.478 e. The van der Waals surface area contributed by atoms with E-state index in [0.717, 1.165) is 11.3 Å². The van der Waals surface area contributed by atoms with Gasteiger partial charge in [-0.2, -0.15) is 0 Å². The molecule has 0 bridgehead atoms. The number of nitrogens with zero attached hydrogens (tertiary/aromatic N) is 2. The van der Waals surface area contributed by atoms with Gasteiger partial charge in [-0.25, -0.2) is 4.79 Å². The average molecular weight is 227 g/mol. The van der Waals surface area contributed by atoms with E-state index in [0.29, 0.717) is 5.13 Å². The zero-order valence-electron chi connectivity index (χ0n) is 8.14. The SMILES string of the molecule is CC(C(=O)O)=C(C)C(=O)Nc1nncs1. The Labute approximate surface area is 89.6 Å². The van der Waals surface area contributed by atoms with E-state index in [4.69, 9.17) is 5.11 Å². The van der Waals surface area contributed by atoms with Crippen LogP contribution in [-0.2, 0) is 9.59 Å². The van der Waals surface area contributed by atoms with E-state index in [9.17, 15) is 9.59 Å². The Morgan fingerprint density at radius 3 is 2.53 bits per heavy atom. The number of hydrogen-bond acceptors (Lipinski definition) is 5. The Balaban J connectivity index is 2.78. The number of nitrogens with one attached hydrogen (secondary N) is 1. The van der Waals surface area contributed by atoms with Gasteiger partial charge in [-0.1, -0.05) is 11.3 Å².